The lowest BCUT2D eigenvalue weighted by Gasteiger charge is -2.07. The lowest BCUT2D eigenvalue weighted by Crippen LogP contribution is -1.96. The van der Waals surface area contributed by atoms with Gasteiger partial charge in [0.25, 0.3) is 0 Å². The fourth-order valence-electron chi connectivity index (χ4n) is 1.45. The van der Waals surface area contributed by atoms with Crippen molar-refractivity contribution in [3.63, 3.8) is 0 Å². The summed E-state index contributed by atoms with van der Waals surface area (Å²) in [6.45, 7) is 0.0687. The number of cyclic esters (lactones) is 1. The van der Waals surface area contributed by atoms with Crippen molar-refractivity contribution in [2.24, 2.45) is 0 Å². The van der Waals surface area contributed by atoms with Crippen LogP contribution in [0.2, 0.25) is 0 Å². The molecule has 0 saturated heterocycles. The molecule has 5 heteroatoms. The summed E-state index contributed by atoms with van der Waals surface area (Å²) in [7, 11) is 1.29. The molecule has 0 fully saturated rings. The molecule has 1 aliphatic heterocycles. The Hall–Kier alpha value is -1.91. The maximum atomic E-state index is 11.1. The van der Waals surface area contributed by atoms with Gasteiger partial charge in [0.2, 0.25) is 5.75 Å². The highest BCUT2D eigenvalue weighted by atomic mass is 16.5. The molecule has 5 nitrogen and oxygen atoms in total. The van der Waals surface area contributed by atoms with Gasteiger partial charge in [-0.3, -0.25) is 0 Å². The van der Waals surface area contributed by atoms with Crippen LogP contribution in [0.5, 0.6) is 17.2 Å². The second kappa shape index (κ2) is 2.80. The Morgan fingerprint density at radius 3 is 2.86 bits per heavy atom. The Bertz CT molecular complexity index is 410. The van der Waals surface area contributed by atoms with Gasteiger partial charge in [0.05, 0.1) is 7.11 Å². The van der Waals surface area contributed by atoms with Crippen LogP contribution in [0, 0.1) is 0 Å². The van der Waals surface area contributed by atoms with Gasteiger partial charge in [-0.25, -0.2) is 4.79 Å². The number of phenolic OH excluding ortho intramolecular Hbond substituents is 2. The Morgan fingerprint density at radius 1 is 1.50 bits per heavy atom. The van der Waals surface area contributed by atoms with Crippen LogP contribution in [0.4, 0.5) is 0 Å². The highest BCUT2D eigenvalue weighted by molar-refractivity contribution is 5.97. The molecule has 0 atom stereocenters. The maximum absolute atomic E-state index is 11.1. The molecule has 0 unspecified atom stereocenters. The SMILES string of the molecule is COc1c(O)cc2c(c1O)C(=O)OC2. The molecule has 0 bridgehead atoms. The minimum absolute atomic E-state index is 0.0687. The summed E-state index contributed by atoms with van der Waals surface area (Å²) in [5.74, 6) is -1.29. The predicted molar refractivity (Wildman–Crippen MR) is 45.4 cm³/mol. The number of hydrogen-bond donors (Lipinski definition) is 2. The minimum Gasteiger partial charge on any atom is -0.504 e. The van der Waals surface area contributed by atoms with Gasteiger partial charge < -0.3 is 19.7 Å². The molecule has 2 N–H and O–H groups in total. The van der Waals surface area contributed by atoms with Crippen LogP contribution in [0.3, 0.4) is 0 Å². The van der Waals surface area contributed by atoms with Crippen molar-refractivity contribution in [2.75, 3.05) is 7.11 Å². The Morgan fingerprint density at radius 2 is 2.21 bits per heavy atom. The monoisotopic (exact) mass is 196 g/mol. The third-order valence-electron chi connectivity index (χ3n) is 2.08. The van der Waals surface area contributed by atoms with Crippen molar-refractivity contribution < 1.29 is 24.5 Å². The summed E-state index contributed by atoms with van der Waals surface area (Å²) >= 11 is 0. The number of carbonyl (C=O) groups is 1. The minimum atomic E-state index is -0.601. The van der Waals surface area contributed by atoms with Gasteiger partial charge in [-0.15, -0.1) is 0 Å². The van der Waals surface area contributed by atoms with E-state index in [1.807, 2.05) is 0 Å². The Balaban J connectivity index is 2.70. The topological polar surface area (TPSA) is 76.0 Å². The lowest BCUT2D eigenvalue weighted by molar-refractivity contribution is 0.0533. The zero-order valence-electron chi connectivity index (χ0n) is 7.40. The molecule has 0 spiro atoms. The number of phenols is 2. The molecule has 1 aromatic rings. The number of hydrogen-bond acceptors (Lipinski definition) is 5. The molecule has 0 saturated carbocycles. The first-order valence-electron chi connectivity index (χ1n) is 3.94. The molecule has 1 heterocycles. The molecule has 1 aromatic carbocycles. The lowest BCUT2D eigenvalue weighted by atomic mass is 10.1. The van der Waals surface area contributed by atoms with E-state index in [1.54, 1.807) is 0 Å². The maximum Gasteiger partial charge on any atom is 0.342 e. The van der Waals surface area contributed by atoms with Crippen LogP contribution < -0.4 is 4.74 Å². The summed E-state index contributed by atoms with van der Waals surface area (Å²) in [5.41, 5.74) is 0.533. The van der Waals surface area contributed by atoms with Gasteiger partial charge in [0.15, 0.2) is 11.5 Å². The third-order valence-corrected chi connectivity index (χ3v) is 2.08. The summed E-state index contributed by atoms with van der Waals surface area (Å²) in [5, 5.41) is 19.0. The zero-order valence-corrected chi connectivity index (χ0v) is 7.40. The van der Waals surface area contributed by atoms with Crippen molar-refractivity contribution in [3.8, 4) is 17.2 Å². The molecule has 0 amide bonds. The summed E-state index contributed by atoms with van der Waals surface area (Å²) in [6, 6.07) is 1.35. The van der Waals surface area contributed by atoms with E-state index in [-0.39, 0.29) is 29.4 Å². The Labute approximate surface area is 79.5 Å². The van der Waals surface area contributed by atoms with E-state index in [0.717, 1.165) is 0 Å². The number of esters is 1. The first-order chi connectivity index (χ1) is 6.65. The number of carbonyl (C=O) groups excluding carboxylic acids is 1. The highest BCUT2D eigenvalue weighted by Crippen LogP contribution is 2.42. The van der Waals surface area contributed by atoms with Crippen LogP contribution in [0.25, 0.3) is 0 Å². The standard InChI is InChI=1S/C9H8O5/c1-13-8-5(10)2-4-3-14-9(12)6(4)7(8)11/h2,10-11H,3H2,1H3. The molecule has 2 rings (SSSR count). The molecule has 0 aromatic heterocycles. The van der Waals surface area contributed by atoms with Gasteiger partial charge in [0.1, 0.15) is 12.2 Å². The first-order valence-corrected chi connectivity index (χ1v) is 3.94. The van der Waals surface area contributed by atoms with Crippen molar-refractivity contribution in [2.45, 2.75) is 6.61 Å². The largest absolute Gasteiger partial charge is 0.504 e. The van der Waals surface area contributed by atoms with Crippen LogP contribution >= 0.6 is 0 Å². The van der Waals surface area contributed by atoms with E-state index in [1.165, 1.54) is 13.2 Å². The first kappa shape index (κ1) is 8.68. The fraction of sp³-hybridized carbons (Fsp3) is 0.222. The summed E-state index contributed by atoms with van der Waals surface area (Å²) in [4.78, 5) is 11.1. The van der Waals surface area contributed by atoms with Crippen LogP contribution in [0.15, 0.2) is 6.07 Å². The van der Waals surface area contributed by atoms with Crippen LogP contribution in [-0.2, 0) is 11.3 Å². The molecule has 0 radical (unpaired) electrons. The van der Waals surface area contributed by atoms with E-state index in [2.05, 4.69) is 0 Å². The smallest absolute Gasteiger partial charge is 0.342 e. The number of rotatable bonds is 1. The number of ether oxygens (including phenoxy) is 2. The molecule has 74 valence electrons. The van der Waals surface area contributed by atoms with Gasteiger partial charge in [-0.2, -0.15) is 0 Å². The van der Waals surface area contributed by atoms with E-state index < -0.39 is 5.97 Å². The van der Waals surface area contributed by atoms with Crippen LogP contribution in [-0.4, -0.2) is 23.3 Å². The third kappa shape index (κ3) is 0.985. The van der Waals surface area contributed by atoms with Gasteiger partial charge in [-0.1, -0.05) is 0 Å². The van der Waals surface area contributed by atoms with Crippen molar-refractivity contribution in [1.29, 1.82) is 0 Å². The van der Waals surface area contributed by atoms with Gasteiger partial charge in [0, 0.05) is 5.56 Å². The zero-order chi connectivity index (χ0) is 10.3. The van der Waals surface area contributed by atoms with E-state index in [0.29, 0.717) is 5.56 Å². The van der Waals surface area contributed by atoms with Crippen molar-refractivity contribution in [1.82, 2.24) is 0 Å². The summed E-state index contributed by atoms with van der Waals surface area (Å²) < 4.78 is 9.43. The predicted octanol–water partition coefficient (Wildman–Crippen LogP) is 0.777. The average Bonchev–Trinajstić information content (AvgIpc) is 2.48. The number of aromatic hydroxyl groups is 2. The highest BCUT2D eigenvalue weighted by Gasteiger charge is 2.29. The molecule has 14 heavy (non-hydrogen) atoms. The second-order valence-corrected chi connectivity index (χ2v) is 2.89. The van der Waals surface area contributed by atoms with Crippen LogP contribution in [0.1, 0.15) is 15.9 Å². The van der Waals surface area contributed by atoms with E-state index in [4.69, 9.17) is 9.47 Å². The quantitative estimate of drug-likeness (QED) is 0.649. The average molecular weight is 196 g/mol. The number of fused-ring (bicyclic) bond motifs is 1. The number of benzene rings is 1. The van der Waals surface area contributed by atoms with E-state index in [9.17, 15) is 15.0 Å². The normalized spacial score (nSPS) is 13.6. The fourth-order valence-corrected chi connectivity index (χ4v) is 1.45. The molecule has 1 aliphatic rings. The van der Waals surface area contributed by atoms with E-state index >= 15 is 0 Å². The molecular weight excluding hydrogens is 188 g/mol. The molecular formula is C9H8O5. The molecule has 0 aliphatic carbocycles. The van der Waals surface area contributed by atoms with Crippen molar-refractivity contribution >= 4 is 5.97 Å². The number of methoxy groups -OCH3 is 1. The summed E-state index contributed by atoms with van der Waals surface area (Å²) in [6.07, 6.45) is 0. The van der Waals surface area contributed by atoms with Crippen molar-refractivity contribution in [3.05, 3.63) is 17.2 Å². The van der Waals surface area contributed by atoms with Gasteiger partial charge in [-0.05, 0) is 6.07 Å². The Kier molecular flexibility index (Phi) is 1.73. The van der Waals surface area contributed by atoms with Gasteiger partial charge >= 0.3 is 5.97 Å². The second-order valence-electron chi connectivity index (χ2n) is 2.89.